The number of benzene rings is 2. The standard InChI is InChI=1S/C23H25N3/c1-25-18-22-17-20(9-10-23(22)24-25)8-5-13-26-14-11-21(12-15-26)16-19-6-3-2-4-7-19/h2-4,6-7,9-10,17-18,21H,11-16H2,1H3. The van der Waals surface area contributed by atoms with Crippen molar-refractivity contribution in [2.24, 2.45) is 13.0 Å². The number of rotatable bonds is 3. The van der Waals surface area contributed by atoms with Gasteiger partial charge in [0.25, 0.3) is 0 Å². The second-order valence-corrected chi connectivity index (χ2v) is 7.29. The van der Waals surface area contributed by atoms with Crippen molar-refractivity contribution in [3.05, 3.63) is 65.9 Å². The van der Waals surface area contributed by atoms with Crippen LogP contribution in [-0.4, -0.2) is 34.3 Å². The van der Waals surface area contributed by atoms with Crippen LogP contribution in [0.25, 0.3) is 10.9 Å². The molecule has 4 rings (SSSR count). The van der Waals surface area contributed by atoms with E-state index in [1.165, 1.54) is 24.8 Å². The van der Waals surface area contributed by atoms with Gasteiger partial charge in [-0.15, -0.1) is 0 Å². The van der Waals surface area contributed by atoms with Crippen molar-refractivity contribution in [2.75, 3.05) is 19.6 Å². The summed E-state index contributed by atoms with van der Waals surface area (Å²) in [5.74, 6) is 7.49. The van der Waals surface area contributed by atoms with Crippen LogP contribution in [0.2, 0.25) is 0 Å². The van der Waals surface area contributed by atoms with Crippen LogP contribution in [0.1, 0.15) is 24.0 Å². The summed E-state index contributed by atoms with van der Waals surface area (Å²) >= 11 is 0. The summed E-state index contributed by atoms with van der Waals surface area (Å²) in [4.78, 5) is 2.48. The Morgan fingerprint density at radius 1 is 1.08 bits per heavy atom. The lowest BCUT2D eigenvalue weighted by Crippen LogP contribution is -2.34. The maximum Gasteiger partial charge on any atom is 0.0924 e. The minimum atomic E-state index is 0.814. The van der Waals surface area contributed by atoms with E-state index in [2.05, 4.69) is 70.4 Å². The van der Waals surface area contributed by atoms with Gasteiger partial charge in [-0.05, 0) is 62.0 Å². The SMILES string of the molecule is Cn1cc2cc(C#CCN3CCC(Cc4ccccc4)CC3)ccc2n1. The van der Waals surface area contributed by atoms with E-state index in [0.717, 1.165) is 42.0 Å². The number of hydrogen-bond donors (Lipinski definition) is 0. The zero-order valence-corrected chi connectivity index (χ0v) is 15.4. The molecular weight excluding hydrogens is 318 g/mol. The van der Waals surface area contributed by atoms with Crippen LogP contribution in [0, 0.1) is 17.8 Å². The van der Waals surface area contributed by atoms with Crippen molar-refractivity contribution in [3.8, 4) is 11.8 Å². The van der Waals surface area contributed by atoms with E-state index in [0.29, 0.717) is 0 Å². The molecule has 26 heavy (non-hydrogen) atoms. The number of aryl methyl sites for hydroxylation is 1. The molecule has 0 saturated carbocycles. The zero-order valence-electron chi connectivity index (χ0n) is 15.4. The lowest BCUT2D eigenvalue weighted by Gasteiger charge is -2.30. The van der Waals surface area contributed by atoms with Crippen LogP contribution in [-0.2, 0) is 13.5 Å². The highest BCUT2D eigenvalue weighted by Gasteiger charge is 2.18. The summed E-state index contributed by atoms with van der Waals surface area (Å²) in [6, 6.07) is 17.1. The van der Waals surface area contributed by atoms with Gasteiger partial charge in [0.15, 0.2) is 0 Å². The molecule has 0 unspecified atom stereocenters. The highest BCUT2D eigenvalue weighted by atomic mass is 15.2. The van der Waals surface area contributed by atoms with Gasteiger partial charge in [0.05, 0.1) is 12.1 Å². The Morgan fingerprint density at radius 3 is 2.69 bits per heavy atom. The molecule has 2 heterocycles. The normalized spacial score (nSPS) is 15.7. The first-order chi connectivity index (χ1) is 12.8. The molecule has 0 amide bonds. The minimum Gasteiger partial charge on any atom is -0.292 e. The molecule has 0 atom stereocenters. The molecule has 0 spiro atoms. The Balaban J connectivity index is 1.29. The number of aromatic nitrogens is 2. The number of piperidine rings is 1. The Bertz CT molecular complexity index is 922. The number of likely N-dealkylation sites (tertiary alicyclic amines) is 1. The second-order valence-electron chi connectivity index (χ2n) is 7.29. The van der Waals surface area contributed by atoms with E-state index >= 15 is 0 Å². The molecule has 0 N–H and O–H groups in total. The fourth-order valence-electron chi connectivity index (χ4n) is 3.78. The van der Waals surface area contributed by atoms with Crippen LogP contribution in [0.5, 0.6) is 0 Å². The third-order valence-corrected chi connectivity index (χ3v) is 5.23. The molecule has 0 bridgehead atoms. The first-order valence-corrected chi connectivity index (χ1v) is 9.45. The number of nitrogens with zero attached hydrogens (tertiary/aromatic N) is 3. The predicted molar refractivity (Wildman–Crippen MR) is 107 cm³/mol. The summed E-state index contributed by atoms with van der Waals surface area (Å²) in [5.41, 5.74) is 3.57. The molecule has 1 aliphatic heterocycles. The Hall–Kier alpha value is -2.57. The summed E-state index contributed by atoms with van der Waals surface area (Å²) in [6.07, 6.45) is 5.81. The molecule has 1 aliphatic rings. The molecule has 2 aromatic carbocycles. The van der Waals surface area contributed by atoms with Gasteiger partial charge in [0.1, 0.15) is 0 Å². The van der Waals surface area contributed by atoms with E-state index in [1.807, 2.05) is 17.9 Å². The molecule has 132 valence electrons. The third kappa shape index (κ3) is 4.15. The van der Waals surface area contributed by atoms with Gasteiger partial charge in [-0.2, -0.15) is 5.10 Å². The number of fused-ring (bicyclic) bond motifs is 1. The Morgan fingerprint density at radius 2 is 1.88 bits per heavy atom. The molecular formula is C23H25N3. The maximum absolute atomic E-state index is 4.41. The third-order valence-electron chi connectivity index (χ3n) is 5.23. The van der Waals surface area contributed by atoms with Crippen LogP contribution in [0.15, 0.2) is 54.7 Å². The van der Waals surface area contributed by atoms with Gasteiger partial charge in [-0.1, -0.05) is 42.2 Å². The van der Waals surface area contributed by atoms with Crippen molar-refractivity contribution in [2.45, 2.75) is 19.3 Å². The van der Waals surface area contributed by atoms with Gasteiger partial charge in [-0.25, -0.2) is 0 Å². The van der Waals surface area contributed by atoms with E-state index in [9.17, 15) is 0 Å². The Kier molecular flexibility index (Phi) is 5.04. The molecule has 0 radical (unpaired) electrons. The van der Waals surface area contributed by atoms with Crippen molar-refractivity contribution in [1.82, 2.24) is 14.7 Å². The zero-order chi connectivity index (χ0) is 17.8. The van der Waals surface area contributed by atoms with Crippen molar-refractivity contribution < 1.29 is 0 Å². The van der Waals surface area contributed by atoms with Gasteiger partial charge in [0.2, 0.25) is 0 Å². The molecule has 3 aromatic rings. The first-order valence-electron chi connectivity index (χ1n) is 9.45. The van der Waals surface area contributed by atoms with E-state index < -0.39 is 0 Å². The predicted octanol–water partition coefficient (Wildman–Crippen LogP) is 3.88. The molecule has 1 aromatic heterocycles. The average Bonchev–Trinajstić information content (AvgIpc) is 3.03. The van der Waals surface area contributed by atoms with E-state index in [4.69, 9.17) is 0 Å². The van der Waals surface area contributed by atoms with Gasteiger partial charge < -0.3 is 0 Å². The minimum absolute atomic E-state index is 0.814. The highest BCUT2D eigenvalue weighted by molar-refractivity contribution is 5.79. The number of hydrogen-bond acceptors (Lipinski definition) is 2. The van der Waals surface area contributed by atoms with E-state index in [1.54, 1.807) is 0 Å². The molecule has 0 aliphatic carbocycles. The van der Waals surface area contributed by atoms with Crippen molar-refractivity contribution in [1.29, 1.82) is 0 Å². The molecule has 1 fully saturated rings. The van der Waals surface area contributed by atoms with Crippen LogP contribution < -0.4 is 0 Å². The first kappa shape index (κ1) is 16.9. The quantitative estimate of drug-likeness (QED) is 0.673. The molecule has 1 saturated heterocycles. The smallest absolute Gasteiger partial charge is 0.0924 e. The molecule has 3 heteroatoms. The fourth-order valence-corrected chi connectivity index (χ4v) is 3.78. The summed E-state index contributed by atoms with van der Waals surface area (Å²) in [6.45, 7) is 3.19. The average molecular weight is 343 g/mol. The largest absolute Gasteiger partial charge is 0.292 e. The highest BCUT2D eigenvalue weighted by Crippen LogP contribution is 2.21. The van der Waals surface area contributed by atoms with Crippen molar-refractivity contribution >= 4 is 10.9 Å². The fraction of sp³-hybridized carbons (Fsp3) is 0.348. The van der Waals surface area contributed by atoms with Gasteiger partial charge in [-0.3, -0.25) is 9.58 Å². The molecule has 3 nitrogen and oxygen atoms in total. The Labute approximate surface area is 155 Å². The van der Waals surface area contributed by atoms with Gasteiger partial charge >= 0.3 is 0 Å². The monoisotopic (exact) mass is 343 g/mol. The van der Waals surface area contributed by atoms with Crippen LogP contribution in [0.3, 0.4) is 0 Å². The van der Waals surface area contributed by atoms with Crippen LogP contribution >= 0.6 is 0 Å². The van der Waals surface area contributed by atoms with Crippen LogP contribution in [0.4, 0.5) is 0 Å². The maximum atomic E-state index is 4.41. The summed E-state index contributed by atoms with van der Waals surface area (Å²) in [5, 5.41) is 5.56. The topological polar surface area (TPSA) is 21.1 Å². The van der Waals surface area contributed by atoms with E-state index in [-0.39, 0.29) is 0 Å². The second kappa shape index (κ2) is 7.76. The lowest BCUT2D eigenvalue weighted by molar-refractivity contribution is 0.203. The lowest BCUT2D eigenvalue weighted by atomic mass is 9.90. The van der Waals surface area contributed by atoms with Gasteiger partial charge in [0, 0.05) is 24.2 Å². The summed E-state index contributed by atoms with van der Waals surface area (Å²) in [7, 11) is 1.95. The van der Waals surface area contributed by atoms with Crippen molar-refractivity contribution in [3.63, 3.8) is 0 Å². The summed E-state index contributed by atoms with van der Waals surface area (Å²) < 4.78 is 1.85.